The van der Waals surface area contributed by atoms with Gasteiger partial charge < -0.3 is 21.1 Å². The molecule has 4 heteroatoms. The molecule has 0 spiro atoms. The molecule has 0 amide bonds. The zero-order valence-electron chi connectivity index (χ0n) is 4.94. The molecule has 1 rings (SSSR count). The van der Waals surface area contributed by atoms with Crippen LogP contribution in [0.5, 0.6) is 0 Å². The van der Waals surface area contributed by atoms with Crippen LogP contribution in [0, 0.1) is 0 Å². The van der Waals surface area contributed by atoms with Gasteiger partial charge in [-0.05, 0) is 6.42 Å². The highest BCUT2D eigenvalue weighted by atomic mass is 16.4. The summed E-state index contributed by atoms with van der Waals surface area (Å²) in [6, 6.07) is -0.477. The highest BCUT2D eigenvalue weighted by Gasteiger charge is 2.38. The standard InChI is InChI=1S/C5H11NO3/c6-2-1-3(7)5(9)4(2)8/h2-5,7-9H,1,6H2/t2-,3+,4+,5-/m0/s1. The molecule has 1 fully saturated rings. The fourth-order valence-corrected chi connectivity index (χ4v) is 1.04. The van der Waals surface area contributed by atoms with E-state index in [0.29, 0.717) is 0 Å². The van der Waals surface area contributed by atoms with Crippen LogP contribution in [0.3, 0.4) is 0 Å². The highest BCUT2D eigenvalue weighted by Crippen LogP contribution is 2.18. The number of aliphatic hydroxyl groups excluding tert-OH is 3. The molecule has 4 atom stereocenters. The maximum Gasteiger partial charge on any atom is 0.107 e. The predicted octanol–water partition coefficient (Wildman–Crippen LogP) is -2.20. The molecule has 0 radical (unpaired) electrons. The van der Waals surface area contributed by atoms with Crippen molar-refractivity contribution >= 4 is 0 Å². The summed E-state index contributed by atoms with van der Waals surface area (Å²) < 4.78 is 0. The van der Waals surface area contributed by atoms with Crippen LogP contribution in [-0.2, 0) is 0 Å². The van der Waals surface area contributed by atoms with Gasteiger partial charge in [0.15, 0.2) is 0 Å². The van der Waals surface area contributed by atoms with Gasteiger partial charge in [-0.2, -0.15) is 0 Å². The summed E-state index contributed by atoms with van der Waals surface area (Å²) in [7, 11) is 0. The molecule has 0 bridgehead atoms. The Hall–Kier alpha value is -0.160. The Bertz CT molecular complexity index is 96.4. The minimum atomic E-state index is -1.06. The lowest BCUT2D eigenvalue weighted by Gasteiger charge is -2.11. The van der Waals surface area contributed by atoms with Crippen LogP contribution in [0.25, 0.3) is 0 Å². The van der Waals surface area contributed by atoms with Gasteiger partial charge in [-0.25, -0.2) is 0 Å². The Morgan fingerprint density at radius 2 is 1.67 bits per heavy atom. The smallest absolute Gasteiger partial charge is 0.107 e. The summed E-state index contributed by atoms with van der Waals surface area (Å²) in [4.78, 5) is 0. The number of hydrogen-bond donors (Lipinski definition) is 4. The molecule has 4 nitrogen and oxygen atoms in total. The number of hydrogen-bond acceptors (Lipinski definition) is 4. The maximum absolute atomic E-state index is 8.90. The fourth-order valence-electron chi connectivity index (χ4n) is 1.04. The first-order valence-corrected chi connectivity index (χ1v) is 2.92. The number of rotatable bonds is 0. The van der Waals surface area contributed by atoms with E-state index in [0.717, 1.165) is 0 Å². The van der Waals surface area contributed by atoms with Gasteiger partial charge >= 0.3 is 0 Å². The zero-order chi connectivity index (χ0) is 7.02. The van der Waals surface area contributed by atoms with Gasteiger partial charge in [-0.3, -0.25) is 0 Å². The minimum absolute atomic E-state index is 0.280. The van der Waals surface area contributed by atoms with E-state index >= 15 is 0 Å². The van der Waals surface area contributed by atoms with E-state index in [9.17, 15) is 0 Å². The minimum Gasteiger partial charge on any atom is -0.390 e. The first-order chi connectivity index (χ1) is 4.13. The molecule has 0 heterocycles. The van der Waals surface area contributed by atoms with Crippen LogP contribution >= 0.6 is 0 Å². The van der Waals surface area contributed by atoms with Crippen molar-refractivity contribution in [3.8, 4) is 0 Å². The molecule has 0 unspecified atom stereocenters. The lowest BCUT2D eigenvalue weighted by molar-refractivity contribution is -0.0205. The molecule has 0 aliphatic heterocycles. The van der Waals surface area contributed by atoms with Gasteiger partial charge in [0.05, 0.1) is 12.2 Å². The van der Waals surface area contributed by atoms with Gasteiger partial charge in [0.1, 0.15) is 6.10 Å². The first kappa shape index (κ1) is 6.95. The predicted molar refractivity (Wildman–Crippen MR) is 30.6 cm³/mol. The summed E-state index contributed by atoms with van der Waals surface area (Å²) >= 11 is 0. The number of nitrogens with two attached hydrogens (primary N) is 1. The van der Waals surface area contributed by atoms with E-state index in [1.165, 1.54) is 0 Å². The van der Waals surface area contributed by atoms with E-state index in [2.05, 4.69) is 0 Å². The summed E-state index contributed by atoms with van der Waals surface area (Å²) in [6.07, 6.45) is -2.59. The molecule has 9 heavy (non-hydrogen) atoms. The van der Waals surface area contributed by atoms with Gasteiger partial charge in [-0.15, -0.1) is 0 Å². The summed E-state index contributed by atoms with van der Waals surface area (Å²) in [5.41, 5.74) is 5.29. The van der Waals surface area contributed by atoms with E-state index in [1.807, 2.05) is 0 Å². The Labute approximate surface area is 52.9 Å². The monoisotopic (exact) mass is 133 g/mol. The molecular formula is C5H11NO3. The lowest BCUT2D eigenvalue weighted by atomic mass is 10.2. The van der Waals surface area contributed by atoms with Crippen LogP contribution in [-0.4, -0.2) is 39.7 Å². The van der Waals surface area contributed by atoms with E-state index in [1.54, 1.807) is 0 Å². The highest BCUT2D eigenvalue weighted by molar-refractivity contribution is 4.93. The van der Waals surface area contributed by atoms with Crippen LogP contribution in [0.4, 0.5) is 0 Å². The lowest BCUT2D eigenvalue weighted by Crippen LogP contribution is -2.36. The van der Waals surface area contributed by atoms with E-state index in [-0.39, 0.29) is 6.42 Å². The molecule has 0 aromatic rings. The summed E-state index contributed by atoms with van der Waals surface area (Å²) in [6.45, 7) is 0. The second-order valence-electron chi connectivity index (χ2n) is 2.45. The average Bonchev–Trinajstić information content (AvgIpc) is 1.98. The van der Waals surface area contributed by atoms with Gasteiger partial charge in [0.2, 0.25) is 0 Å². The molecular weight excluding hydrogens is 122 g/mol. The third kappa shape index (κ3) is 1.07. The van der Waals surface area contributed by atoms with Gasteiger partial charge in [0.25, 0.3) is 0 Å². The van der Waals surface area contributed by atoms with Crippen molar-refractivity contribution in [3.05, 3.63) is 0 Å². The van der Waals surface area contributed by atoms with Crippen molar-refractivity contribution < 1.29 is 15.3 Å². The molecule has 1 aliphatic carbocycles. The Kier molecular flexibility index (Phi) is 1.72. The molecule has 1 aliphatic rings. The third-order valence-electron chi connectivity index (χ3n) is 1.70. The van der Waals surface area contributed by atoms with Crippen molar-refractivity contribution in [2.45, 2.75) is 30.8 Å². The van der Waals surface area contributed by atoms with Crippen LogP contribution in [0.15, 0.2) is 0 Å². The Morgan fingerprint density at radius 3 is 1.78 bits per heavy atom. The van der Waals surface area contributed by atoms with Crippen molar-refractivity contribution in [3.63, 3.8) is 0 Å². The SMILES string of the molecule is N[C@H]1C[C@@H](O)[C@H](O)[C@@H]1O. The van der Waals surface area contributed by atoms with Gasteiger partial charge in [-0.1, -0.05) is 0 Å². The van der Waals surface area contributed by atoms with Crippen LogP contribution in [0.1, 0.15) is 6.42 Å². The van der Waals surface area contributed by atoms with E-state index in [4.69, 9.17) is 21.1 Å². The van der Waals surface area contributed by atoms with Crippen LogP contribution in [0.2, 0.25) is 0 Å². The van der Waals surface area contributed by atoms with Crippen molar-refractivity contribution in [2.24, 2.45) is 5.73 Å². The molecule has 0 aromatic carbocycles. The molecule has 54 valence electrons. The second-order valence-corrected chi connectivity index (χ2v) is 2.45. The topological polar surface area (TPSA) is 86.7 Å². The van der Waals surface area contributed by atoms with Crippen molar-refractivity contribution in [2.75, 3.05) is 0 Å². The normalized spacial score (nSPS) is 52.0. The third-order valence-corrected chi connectivity index (χ3v) is 1.70. The fraction of sp³-hybridized carbons (Fsp3) is 1.00. The summed E-state index contributed by atoms with van der Waals surface area (Å²) in [5.74, 6) is 0. The van der Waals surface area contributed by atoms with Gasteiger partial charge in [0, 0.05) is 6.04 Å². The Balaban J connectivity index is 2.54. The summed E-state index contributed by atoms with van der Waals surface area (Å²) in [5, 5.41) is 26.6. The second kappa shape index (κ2) is 2.22. The van der Waals surface area contributed by atoms with Crippen molar-refractivity contribution in [1.29, 1.82) is 0 Å². The molecule has 1 saturated carbocycles. The molecule has 0 aromatic heterocycles. The quantitative estimate of drug-likeness (QED) is 0.302. The molecule has 0 saturated heterocycles. The van der Waals surface area contributed by atoms with Crippen LogP contribution < -0.4 is 5.73 Å². The Morgan fingerprint density at radius 1 is 1.11 bits per heavy atom. The first-order valence-electron chi connectivity index (χ1n) is 2.92. The average molecular weight is 133 g/mol. The zero-order valence-corrected chi connectivity index (χ0v) is 4.94. The van der Waals surface area contributed by atoms with Crippen molar-refractivity contribution in [1.82, 2.24) is 0 Å². The number of aliphatic hydroxyl groups is 3. The largest absolute Gasteiger partial charge is 0.390 e. The molecule has 5 N–H and O–H groups in total. The van der Waals surface area contributed by atoms with E-state index < -0.39 is 24.4 Å². The maximum atomic E-state index is 8.90.